The van der Waals surface area contributed by atoms with Crippen LogP contribution in [0.5, 0.6) is 0 Å². The Morgan fingerprint density at radius 2 is 1.84 bits per heavy atom. The average Bonchev–Trinajstić information content (AvgIpc) is 3.39. The number of hydrogen-bond donors (Lipinski definition) is 3. The predicted molar refractivity (Wildman–Crippen MR) is 188 cm³/mol. The summed E-state index contributed by atoms with van der Waals surface area (Å²) in [6.45, 7) is 4.72. The maximum atomic E-state index is 16.0. The van der Waals surface area contributed by atoms with Crippen LogP contribution in [0, 0.1) is 16.6 Å². The van der Waals surface area contributed by atoms with Gasteiger partial charge in [-0.15, -0.1) is 0 Å². The molecule has 1 saturated carbocycles. The quantitative estimate of drug-likeness (QED) is 0.146. The van der Waals surface area contributed by atoms with Crippen molar-refractivity contribution in [2.45, 2.75) is 70.0 Å². The van der Waals surface area contributed by atoms with Crippen LogP contribution in [0.1, 0.15) is 69.5 Å². The van der Waals surface area contributed by atoms with Crippen molar-refractivity contribution in [3.63, 3.8) is 0 Å². The number of carbonyl (C=O) groups is 2. The minimum Gasteiger partial charge on any atom is -0.447 e. The molecule has 2 aromatic heterocycles. The molecule has 3 N–H and O–H groups in total. The first kappa shape index (κ1) is 39.6. The highest BCUT2D eigenvalue weighted by Crippen LogP contribution is 2.44. The molecule has 1 unspecified atom stereocenters. The molecule has 3 heterocycles. The lowest BCUT2D eigenvalue weighted by Gasteiger charge is -2.35. The summed E-state index contributed by atoms with van der Waals surface area (Å²) in [5.74, 6) is -2.90. The summed E-state index contributed by atoms with van der Waals surface area (Å²) in [5.41, 5.74) is -4.04. The van der Waals surface area contributed by atoms with E-state index >= 15 is 4.39 Å². The summed E-state index contributed by atoms with van der Waals surface area (Å²) in [7, 11) is -3.77. The van der Waals surface area contributed by atoms with Crippen molar-refractivity contribution in [2.24, 2.45) is 5.41 Å². The number of alkyl halides is 4. The van der Waals surface area contributed by atoms with Gasteiger partial charge in [0.15, 0.2) is 11.8 Å². The van der Waals surface area contributed by atoms with E-state index in [4.69, 9.17) is 21.7 Å². The van der Waals surface area contributed by atoms with E-state index in [1.165, 1.54) is 30.3 Å². The van der Waals surface area contributed by atoms with Gasteiger partial charge in [-0.1, -0.05) is 50.6 Å². The van der Waals surface area contributed by atoms with E-state index in [0.29, 0.717) is 4.09 Å². The van der Waals surface area contributed by atoms with Crippen LogP contribution in [-0.2, 0) is 25.1 Å². The molecule has 1 aliphatic heterocycles. The van der Waals surface area contributed by atoms with Gasteiger partial charge in [0.25, 0.3) is 28.8 Å². The topological polar surface area (TPSA) is 177 Å². The monoisotopic (exact) mass is 811 g/mol. The van der Waals surface area contributed by atoms with Gasteiger partial charge in [-0.05, 0) is 54.0 Å². The average molecular weight is 812 g/mol. The second kappa shape index (κ2) is 14.2. The number of ether oxygens (including phenoxy) is 1. The number of rotatable bonds is 12. The molecule has 14 nitrogen and oxygen atoms in total. The van der Waals surface area contributed by atoms with E-state index < -0.39 is 81.6 Å². The molecule has 2 amide bonds. The number of hydrogen-bond acceptors (Lipinski definition) is 9. The van der Waals surface area contributed by atoms with Crippen LogP contribution in [-0.4, -0.2) is 80.1 Å². The molecule has 1 aliphatic carbocycles. The second-order valence-electron chi connectivity index (χ2n) is 14.6. The smallest absolute Gasteiger partial charge is 0.407 e. The minimum absolute atomic E-state index is 0.0119. The van der Waals surface area contributed by atoms with E-state index in [-0.39, 0.29) is 52.2 Å². The summed E-state index contributed by atoms with van der Waals surface area (Å²) in [6.07, 6.45) is -3.05. The number of aromatic nitrogens is 5. The molecule has 1 saturated heterocycles. The number of benzene rings is 2. The molecule has 0 bridgehead atoms. The number of amides is 2. The SMILES string of the molecule is CC(C)(C)C[C@]1(c2ccc(-c3cnn(S(C)(=O)=O)c3)c(F)c2)NC(=N)N(C(COC(=O)NC2(C(F)F)CC2)c2ccc(Cl)c(-n3ncnc3C(F)F)c2)C1=O. The Morgan fingerprint density at radius 3 is 2.42 bits per heavy atom. The first-order chi connectivity index (χ1) is 25.7. The lowest BCUT2D eigenvalue weighted by Crippen LogP contribution is -2.47. The zero-order valence-electron chi connectivity index (χ0n) is 29.7. The fraction of sp³-hybridized carbons (Fsp3) is 0.412. The third kappa shape index (κ3) is 7.73. The van der Waals surface area contributed by atoms with Gasteiger partial charge < -0.3 is 15.4 Å². The predicted octanol–water partition coefficient (Wildman–Crippen LogP) is 5.93. The molecule has 294 valence electrons. The Hall–Kier alpha value is -5.11. The van der Waals surface area contributed by atoms with Crippen molar-refractivity contribution in [1.29, 1.82) is 5.41 Å². The molecule has 21 heteroatoms. The van der Waals surface area contributed by atoms with E-state index in [2.05, 4.69) is 25.8 Å². The minimum atomic E-state index is -3.77. The van der Waals surface area contributed by atoms with Gasteiger partial charge in [-0.3, -0.25) is 15.1 Å². The summed E-state index contributed by atoms with van der Waals surface area (Å²) in [6, 6.07) is 6.45. The molecule has 4 aromatic rings. The third-order valence-corrected chi connectivity index (χ3v) is 10.4. The molecule has 2 fully saturated rings. The number of nitrogens with zero attached hydrogens (tertiary/aromatic N) is 6. The highest BCUT2D eigenvalue weighted by molar-refractivity contribution is 7.89. The Bertz CT molecular complexity index is 2280. The lowest BCUT2D eigenvalue weighted by molar-refractivity contribution is -0.134. The zero-order valence-corrected chi connectivity index (χ0v) is 31.2. The number of nitrogens with one attached hydrogen (secondary N) is 3. The fourth-order valence-corrected chi connectivity index (χ4v) is 7.22. The lowest BCUT2D eigenvalue weighted by atomic mass is 9.75. The van der Waals surface area contributed by atoms with Crippen molar-refractivity contribution in [1.82, 2.24) is 39.5 Å². The first-order valence-electron chi connectivity index (χ1n) is 16.6. The zero-order chi connectivity index (χ0) is 40.2. The van der Waals surface area contributed by atoms with Crippen LogP contribution in [0.2, 0.25) is 5.02 Å². The summed E-state index contributed by atoms with van der Waals surface area (Å²) in [5, 5.41) is 21.7. The van der Waals surface area contributed by atoms with E-state index in [1.54, 1.807) is 0 Å². The first-order valence-corrected chi connectivity index (χ1v) is 18.9. The van der Waals surface area contributed by atoms with Gasteiger partial charge in [0, 0.05) is 11.1 Å². The fourth-order valence-electron chi connectivity index (χ4n) is 6.50. The normalized spacial score (nSPS) is 18.9. The van der Waals surface area contributed by atoms with Gasteiger partial charge in [-0.25, -0.2) is 44.8 Å². The highest BCUT2D eigenvalue weighted by atomic mass is 35.5. The van der Waals surface area contributed by atoms with E-state index in [9.17, 15) is 35.6 Å². The maximum Gasteiger partial charge on any atom is 0.407 e. The van der Waals surface area contributed by atoms with Gasteiger partial charge in [-0.2, -0.15) is 14.3 Å². The van der Waals surface area contributed by atoms with Crippen molar-refractivity contribution < 1.29 is 44.7 Å². The Kier molecular flexibility index (Phi) is 10.2. The molecule has 0 spiro atoms. The van der Waals surface area contributed by atoms with Crippen LogP contribution in [0.15, 0.2) is 55.1 Å². The molecule has 2 aromatic carbocycles. The molecular weight excluding hydrogens is 777 g/mol. The van der Waals surface area contributed by atoms with Crippen molar-refractivity contribution in [3.05, 3.63) is 82.9 Å². The molecule has 6 rings (SSSR count). The van der Waals surface area contributed by atoms with Crippen molar-refractivity contribution in [3.8, 4) is 16.8 Å². The molecule has 55 heavy (non-hydrogen) atoms. The molecule has 0 radical (unpaired) electrons. The Morgan fingerprint density at radius 1 is 1.13 bits per heavy atom. The second-order valence-corrected chi connectivity index (χ2v) is 16.8. The molecular formula is C34H35ClF5N9O5S. The standard InChI is InChI=1S/C34H35ClF5N9O5S/c1-32(2,3)16-34(20-6-7-21(23(36)12-20)19-13-43-47(14-19)55(4,52)53)29(50)48(30(41)45-34)25(15-54-31(51)46-33(9-10-33)28(39)40)18-5-8-22(35)24(11-18)49-27(26(37)38)42-17-44-49/h5-8,11-14,17,25-26,28H,9-10,15-16H2,1-4H3,(H2,41,45)(H,46,51)/t25?,34-/m1/s1. The third-order valence-electron chi connectivity index (χ3n) is 9.22. The molecule has 2 aliphatic rings. The number of guanidine groups is 1. The Balaban J connectivity index is 1.42. The van der Waals surface area contributed by atoms with Gasteiger partial charge in [0.2, 0.25) is 0 Å². The highest BCUT2D eigenvalue weighted by Gasteiger charge is 2.56. The van der Waals surface area contributed by atoms with Gasteiger partial charge in [0.1, 0.15) is 29.8 Å². The van der Waals surface area contributed by atoms with Crippen molar-refractivity contribution >= 4 is 39.6 Å². The maximum absolute atomic E-state index is 16.0. The van der Waals surface area contributed by atoms with Gasteiger partial charge >= 0.3 is 6.09 Å². The summed E-state index contributed by atoms with van der Waals surface area (Å²) >= 11 is 6.41. The summed E-state index contributed by atoms with van der Waals surface area (Å²) in [4.78, 5) is 32.3. The summed E-state index contributed by atoms with van der Waals surface area (Å²) < 4.78 is 102. The van der Waals surface area contributed by atoms with Crippen LogP contribution in [0.25, 0.3) is 16.8 Å². The van der Waals surface area contributed by atoms with E-state index in [0.717, 1.165) is 40.6 Å². The molecule has 2 atom stereocenters. The largest absolute Gasteiger partial charge is 0.447 e. The number of alkyl carbamates (subject to hydrolysis) is 1. The van der Waals surface area contributed by atoms with E-state index in [1.807, 2.05) is 20.8 Å². The van der Waals surface area contributed by atoms with Crippen LogP contribution < -0.4 is 10.6 Å². The van der Waals surface area contributed by atoms with Crippen LogP contribution in [0.3, 0.4) is 0 Å². The van der Waals surface area contributed by atoms with Crippen LogP contribution in [0.4, 0.5) is 26.7 Å². The Labute approximate surface area is 316 Å². The van der Waals surface area contributed by atoms with Crippen LogP contribution >= 0.6 is 11.6 Å². The van der Waals surface area contributed by atoms with Gasteiger partial charge in [0.05, 0.1) is 35.4 Å². The number of carbonyl (C=O) groups excluding carboxylic acids is 2. The number of halogens is 6. The van der Waals surface area contributed by atoms with Crippen molar-refractivity contribution in [2.75, 3.05) is 12.9 Å².